The van der Waals surface area contributed by atoms with Crippen molar-refractivity contribution < 1.29 is 4.79 Å². The molecule has 108 valence electrons. The summed E-state index contributed by atoms with van der Waals surface area (Å²) in [4.78, 5) is 14.2. The van der Waals surface area contributed by atoms with Gasteiger partial charge in [0, 0.05) is 29.8 Å². The number of carbonyl (C=O) groups excluding carboxylic acids is 1. The van der Waals surface area contributed by atoms with E-state index in [1.807, 2.05) is 19.1 Å². The van der Waals surface area contributed by atoms with E-state index in [4.69, 9.17) is 17.3 Å². The quantitative estimate of drug-likeness (QED) is 0.837. The second kappa shape index (κ2) is 6.88. The van der Waals surface area contributed by atoms with Crippen LogP contribution in [0.2, 0.25) is 5.02 Å². The van der Waals surface area contributed by atoms with Crippen LogP contribution in [0.1, 0.15) is 12.0 Å². The van der Waals surface area contributed by atoms with E-state index in [0.29, 0.717) is 18.1 Å². The number of hydrogen-bond acceptors (Lipinski definition) is 3. The number of nitrogens with zero attached hydrogens (tertiary/aromatic N) is 1. The lowest BCUT2D eigenvalue weighted by molar-refractivity contribution is -0.117. The average Bonchev–Trinajstić information content (AvgIpc) is 2.42. The highest BCUT2D eigenvalue weighted by Crippen LogP contribution is 2.19. The van der Waals surface area contributed by atoms with Crippen molar-refractivity contribution >= 4 is 23.2 Å². The molecule has 2 rings (SSSR count). The van der Waals surface area contributed by atoms with E-state index >= 15 is 0 Å². The van der Waals surface area contributed by atoms with Gasteiger partial charge in [-0.3, -0.25) is 9.69 Å². The van der Waals surface area contributed by atoms with Crippen LogP contribution in [-0.2, 0) is 4.79 Å². The summed E-state index contributed by atoms with van der Waals surface area (Å²) in [6.07, 6.45) is 5.16. The average molecular weight is 294 g/mol. The number of anilines is 1. The molecular formula is C15H20ClN3O. The van der Waals surface area contributed by atoms with Gasteiger partial charge in [-0.25, -0.2) is 0 Å². The van der Waals surface area contributed by atoms with Gasteiger partial charge in [-0.05, 0) is 37.1 Å². The van der Waals surface area contributed by atoms with Crippen molar-refractivity contribution in [2.45, 2.75) is 19.4 Å². The highest BCUT2D eigenvalue weighted by molar-refractivity contribution is 6.30. The zero-order valence-corrected chi connectivity index (χ0v) is 12.4. The molecule has 0 spiro atoms. The molecule has 0 aromatic heterocycles. The van der Waals surface area contributed by atoms with Crippen LogP contribution >= 0.6 is 11.6 Å². The van der Waals surface area contributed by atoms with Gasteiger partial charge in [0.2, 0.25) is 5.91 Å². The molecule has 1 aliphatic rings. The van der Waals surface area contributed by atoms with Crippen molar-refractivity contribution in [1.82, 2.24) is 4.90 Å². The Bertz CT molecular complexity index is 516. The van der Waals surface area contributed by atoms with Gasteiger partial charge >= 0.3 is 0 Å². The lowest BCUT2D eigenvalue weighted by atomic mass is 10.1. The third kappa shape index (κ3) is 3.82. The van der Waals surface area contributed by atoms with Crippen LogP contribution in [0.3, 0.4) is 0 Å². The summed E-state index contributed by atoms with van der Waals surface area (Å²) in [5.74, 6) is -0.0239. The Morgan fingerprint density at radius 1 is 1.55 bits per heavy atom. The molecule has 20 heavy (non-hydrogen) atoms. The molecule has 1 aliphatic heterocycles. The minimum absolute atomic E-state index is 0.0239. The molecular weight excluding hydrogens is 274 g/mol. The summed E-state index contributed by atoms with van der Waals surface area (Å²) in [6, 6.07) is 5.59. The third-order valence-electron chi connectivity index (χ3n) is 3.46. The number of amides is 1. The number of rotatable bonds is 4. The predicted molar refractivity (Wildman–Crippen MR) is 83.0 cm³/mol. The Labute approximate surface area is 124 Å². The fourth-order valence-corrected chi connectivity index (χ4v) is 2.57. The molecule has 0 saturated heterocycles. The highest BCUT2D eigenvalue weighted by atomic mass is 35.5. The number of hydrogen-bond donors (Lipinski definition) is 2. The second-order valence-electron chi connectivity index (χ2n) is 5.00. The van der Waals surface area contributed by atoms with Gasteiger partial charge in [-0.1, -0.05) is 23.8 Å². The van der Waals surface area contributed by atoms with Gasteiger partial charge in [0.05, 0.1) is 6.54 Å². The highest BCUT2D eigenvalue weighted by Gasteiger charge is 2.19. The number of nitrogens with two attached hydrogens (primary N) is 1. The van der Waals surface area contributed by atoms with E-state index in [2.05, 4.69) is 22.4 Å². The SMILES string of the molecule is Cc1cc(Cl)ccc1NC(=O)CN1CCC=CC1CN. The number of aryl methyl sites for hydroxylation is 1. The van der Waals surface area contributed by atoms with Crippen LogP contribution < -0.4 is 11.1 Å². The van der Waals surface area contributed by atoms with Gasteiger partial charge in [0.25, 0.3) is 0 Å². The summed E-state index contributed by atoms with van der Waals surface area (Å²) in [5, 5.41) is 3.60. The predicted octanol–water partition coefficient (Wildman–Crippen LogP) is 2.18. The lowest BCUT2D eigenvalue weighted by Gasteiger charge is -2.30. The van der Waals surface area contributed by atoms with E-state index in [9.17, 15) is 4.79 Å². The number of carbonyl (C=O) groups is 1. The van der Waals surface area contributed by atoms with Crippen molar-refractivity contribution in [2.24, 2.45) is 5.73 Å². The Morgan fingerprint density at radius 2 is 2.35 bits per heavy atom. The topological polar surface area (TPSA) is 58.4 Å². The van der Waals surface area contributed by atoms with E-state index < -0.39 is 0 Å². The molecule has 0 bridgehead atoms. The molecule has 0 radical (unpaired) electrons. The van der Waals surface area contributed by atoms with Crippen LogP contribution in [0, 0.1) is 6.92 Å². The molecule has 0 fully saturated rings. The summed E-state index contributed by atoms with van der Waals surface area (Å²) in [7, 11) is 0. The first-order chi connectivity index (χ1) is 9.60. The molecule has 0 aliphatic carbocycles. The van der Waals surface area contributed by atoms with Gasteiger partial charge in [-0.2, -0.15) is 0 Å². The smallest absolute Gasteiger partial charge is 0.238 e. The van der Waals surface area contributed by atoms with Gasteiger partial charge in [0.15, 0.2) is 0 Å². The van der Waals surface area contributed by atoms with Crippen molar-refractivity contribution in [1.29, 1.82) is 0 Å². The normalized spacial score (nSPS) is 19.1. The van der Waals surface area contributed by atoms with Crippen molar-refractivity contribution in [3.8, 4) is 0 Å². The fraction of sp³-hybridized carbons (Fsp3) is 0.400. The zero-order valence-electron chi connectivity index (χ0n) is 11.6. The van der Waals surface area contributed by atoms with Gasteiger partial charge < -0.3 is 11.1 Å². The summed E-state index contributed by atoms with van der Waals surface area (Å²) < 4.78 is 0. The van der Waals surface area contributed by atoms with E-state index in [0.717, 1.165) is 24.2 Å². The minimum Gasteiger partial charge on any atom is -0.329 e. The summed E-state index contributed by atoms with van der Waals surface area (Å²) in [6.45, 7) is 3.68. The molecule has 1 aromatic carbocycles. The molecule has 5 heteroatoms. The van der Waals surface area contributed by atoms with Crippen LogP contribution in [0.25, 0.3) is 0 Å². The van der Waals surface area contributed by atoms with Crippen molar-refractivity contribution in [2.75, 3.05) is 25.0 Å². The van der Waals surface area contributed by atoms with E-state index in [1.165, 1.54) is 0 Å². The van der Waals surface area contributed by atoms with E-state index in [1.54, 1.807) is 6.07 Å². The van der Waals surface area contributed by atoms with Crippen LogP contribution in [0.4, 0.5) is 5.69 Å². The maximum absolute atomic E-state index is 12.1. The third-order valence-corrected chi connectivity index (χ3v) is 3.70. The van der Waals surface area contributed by atoms with E-state index in [-0.39, 0.29) is 11.9 Å². The fourth-order valence-electron chi connectivity index (χ4n) is 2.35. The lowest BCUT2D eigenvalue weighted by Crippen LogP contribution is -2.45. The second-order valence-corrected chi connectivity index (χ2v) is 5.43. The summed E-state index contributed by atoms with van der Waals surface area (Å²) in [5.41, 5.74) is 7.48. The molecule has 4 nitrogen and oxygen atoms in total. The largest absolute Gasteiger partial charge is 0.329 e. The molecule has 1 unspecified atom stereocenters. The molecule has 1 heterocycles. The monoisotopic (exact) mass is 293 g/mol. The van der Waals surface area contributed by atoms with Gasteiger partial charge in [-0.15, -0.1) is 0 Å². The van der Waals surface area contributed by atoms with Crippen molar-refractivity contribution in [3.63, 3.8) is 0 Å². The Morgan fingerprint density at radius 3 is 3.05 bits per heavy atom. The molecule has 0 saturated carbocycles. The Balaban J connectivity index is 1.96. The number of halogens is 1. The molecule has 1 amide bonds. The molecule has 1 atom stereocenters. The Hall–Kier alpha value is -1.36. The van der Waals surface area contributed by atoms with Crippen molar-refractivity contribution in [3.05, 3.63) is 40.9 Å². The maximum Gasteiger partial charge on any atom is 0.238 e. The Kier molecular flexibility index (Phi) is 5.17. The molecule has 1 aromatic rings. The first kappa shape index (κ1) is 15.0. The summed E-state index contributed by atoms with van der Waals surface area (Å²) >= 11 is 5.90. The van der Waals surface area contributed by atoms with Crippen LogP contribution in [0.15, 0.2) is 30.4 Å². The molecule has 3 N–H and O–H groups in total. The number of nitrogens with one attached hydrogen (secondary N) is 1. The first-order valence-corrected chi connectivity index (χ1v) is 7.14. The van der Waals surface area contributed by atoms with Crippen LogP contribution in [0.5, 0.6) is 0 Å². The number of benzene rings is 1. The zero-order chi connectivity index (χ0) is 14.5. The van der Waals surface area contributed by atoms with Crippen LogP contribution in [-0.4, -0.2) is 36.5 Å². The first-order valence-electron chi connectivity index (χ1n) is 6.77. The maximum atomic E-state index is 12.1. The minimum atomic E-state index is -0.0239. The standard InChI is InChI=1S/C15H20ClN3O/c1-11-8-12(16)5-6-14(11)18-15(20)10-19-7-3-2-4-13(19)9-17/h2,4-6,8,13H,3,7,9-10,17H2,1H3,(H,18,20). The van der Waals surface area contributed by atoms with Gasteiger partial charge in [0.1, 0.15) is 0 Å².